The maximum atomic E-state index is 11.6. The van der Waals surface area contributed by atoms with Crippen LogP contribution in [-0.2, 0) is 25.6 Å². The molecule has 4 nitrogen and oxygen atoms in total. The predicted molar refractivity (Wildman–Crippen MR) is 66.0 cm³/mol. The monoisotopic (exact) mass is 250 g/mol. The van der Waals surface area contributed by atoms with Crippen LogP contribution in [-0.4, -0.2) is 32.4 Å². The molecule has 1 heterocycles. The molecule has 1 aromatic carbocycles. The molecule has 0 saturated carbocycles. The van der Waals surface area contributed by atoms with Gasteiger partial charge in [0.25, 0.3) is 0 Å². The Morgan fingerprint density at radius 2 is 2.17 bits per heavy atom. The molecule has 1 aromatic rings. The van der Waals surface area contributed by atoms with E-state index in [1.54, 1.807) is 0 Å². The summed E-state index contributed by atoms with van der Waals surface area (Å²) in [5.41, 5.74) is 1.10. The molecule has 0 radical (unpaired) electrons. The fraction of sp³-hybridized carbons (Fsp3) is 0.500. The van der Waals surface area contributed by atoms with Gasteiger partial charge in [-0.3, -0.25) is 4.79 Å². The smallest absolute Gasteiger partial charge is 0.311 e. The summed E-state index contributed by atoms with van der Waals surface area (Å²) in [6.45, 7) is 1.63. The van der Waals surface area contributed by atoms with Crippen LogP contribution in [0.4, 0.5) is 0 Å². The molecule has 0 bridgehead atoms. The first-order valence-electron chi connectivity index (χ1n) is 6.10. The van der Waals surface area contributed by atoms with Crippen molar-refractivity contribution in [1.29, 1.82) is 0 Å². The fourth-order valence-corrected chi connectivity index (χ4v) is 1.81. The van der Waals surface area contributed by atoms with Gasteiger partial charge < -0.3 is 14.2 Å². The number of benzene rings is 1. The molecule has 0 aliphatic carbocycles. The topological polar surface area (TPSA) is 48.1 Å². The van der Waals surface area contributed by atoms with Gasteiger partial charge in [-0.05, 0) is 12.0 Å². The molecule has 1 aliphatic heterocycles. The summed E-state index contributed by atoms with van der Waals surface area (Å²) in [5, 5.41) is 0. The van der Waals surface area contributed by atoms with Gasteiger partial charge in [-0.15, -0.1) is 0 Å². The highest BCUT2D eigenvalue weighted by atomic mass is 16.6. The van der Waals surface area contributed by atoms with Crippen LogP contribution in [0.15, 0.2) is 30.3 Å². The summed E-state index contributed by atoms with van der Waals surface area (Å²) in [6, 6.07) is 9.89. The van der Waals surface area contributed by atoms with Crippen LogP contribution in [0.3, 0.4) is 0 Å². The minimum atomic E-state index is -0.230. The Kier molecular flexibility index (Phi) is 4.73. The minimum absolute atomic E-state index is 0.203. The van der Waals surface area contributed by atoms with Crippen LogP contribution in [0.5, 0.6) is 0 Å². The SMILES string of the molecule is COC(=O)C(COCc1ccccc1)CC1CO1. The molecule has 0 spiro atoms. The molecule has 1 aliphatic rings. The second-order valence-corrected chi connectivity index (χ2v) is 4.41. The second kappa shape index (κ2) is 6.52. The average molecular weight is 250 g/mol. The highest BCUT2D eigenvalue weighted by Crippen LogP contribution is 2.21. The lowest BCUT2D eigenvalue weighted by Crippen LogP contribution is -2.23. The Morgan fingerprint density at radius 1 is 1.44 bits per heavy atom. The Balaban J connectivity index is 1.76. The predicted octanol–water partition coefficient (Wildman–Crippen LogP) is 1.78. The molecule has 2 atom stereocenters. The van der Waals surface area contributed by atoms with Crippen molar-refractivity contribution in [2.75, 3.05) is 20.3 Å². The first kappa shape index (κ1) is 13.1. The highest BCUT2D eigenvalue weighted by Gasteiger charge is 2.31. The number of ether oxygens (including phenoxy) is 3. The van der Waals surface area contributed by atoms with Gasteiger partial charge in [0.1, 0.15) is 0 Å². The number of epoxide rings is 1. The Bertz CT molecular complexity index is 373. The van der Waals surface area contributed by atoms with Gasteiger partial charge in [-0.2, -0.15) is 0 Å². The van der Waals surface area contributed by atoms with Crippen LogP contribution in [0.25, 0.3) is 0 Å². The van der Waals surface area contributed by atoms with Crippen LogP contribution in [0.2, 0.25) is 0 Å². The molecule has 2 unspecified atom stereocenters. The lowest BCUT2D eigenvalue weighted by molar-refractivity contribution is -0.148. The van der Waals surface area contributed by atoms with E-state index in [1.165, 1.54) is 7.11 Å². The number of methoxy groups -OCH3 is 1. The molecule has 4 heteroatoms. The van der Waals surface area contributed by atoms with E-state index in [-0.39, 0.29) is 18.0 Å². The molecule has 0 amide bonds. The third-order valence-corrected chi connectivity index (χ3v) is 2.91. The van der Waals surface area contributed by atoms with E-state index in [9.17, 15) is 4.79 Å². The highest BCUT2D eigenvalue weighted by molar-refractivity contribution is 5.72. The standard InChI is InChI=1S/C14H18O4/c1-16-14(15)12(7-13-10-18-13)9-17-8-11-5-3-2-4-6-11/h2-6,12-13H,7-10H2,1H3. The molecule has 98 valence electrons. The number of esters is 1. The van der Waals surface area contributed by atoms with Gasteiger partial charge in [0.05, 0.1) is 39.0 Å². The first-order valence-corrected chi connectivity index (χ1v) is 6.10. The zero-order chi connectivity index (χ0) is 12.8. The zero-order valence-electron chi connectivity index (χ0n) is 10.5. The van der Waals surface area contributed by atoms with Crippen molar-refractivity contribution in [2.45, 2.75) is 19.1 Å². The molecular formula is C14H18O4. The third kappa shape index (κ3) is 4.13. The van der Waals surface area contributed by atoms with Crippen LogP contribution in [0, 0.1) is 5.92 Å². The third-order valence-electron chi connectivity index (χ3n) is 2.91. The fourth-order valence-electron chi connectivity index (χ4n) is 1.81. The molecule has 18 heavy (non-hydrogen) atoms. The van der Waals surface area contributed by atoms with E-state index < -0.39 is 0 Å². The average Bonchev–Trinajstić information content (AvgIpc) is 3.22. The number of hydrogen-bond acceptors (Lipinski definition) is 4. The maximum absolute atomic E-state index is 11.6. The van der Waals surface area contributed by atoms with Crippen LogP contribution >= 0.6 is 0 Å². The summed E-state index contributed by atoms with van der Waals surface area (Å²) in [5.74, 6) is -0.454. The summed E-state index contributed by atoms with van der Waals surface area (Å²) < 4.78 is 15.5. The number of rotatable bonds is 7. The van der Waals surface area contributed by atoms with Gasteiger partial charge in [0.2, 0.25) is 0 Å². The van der Waals surface area contributed by atoms with Gasteiger partial charge >= 0.3 is 5.97 Å². The number of carbonyl (C=O) groups is 1. The normalized spacial score (nSPS) is 19.3. The van der Waals surface area contributed by atoms with E-state index in [1.807, 2.05) is 30.3 Å². The van der Waals surface area contributed by atoms with E-state index >= 15 is 0 Å². The maximum Gasteiger partial charge on any atom is 0.311 e. The second-order valence-electron chi connectivity index (χ2n) is 4.41. The lowest BCUT2D eigenvalue weighted by Gasteiger charge is -2.13. The van der Waals surface area contributed by atoms with E-state index in [0.717, 1.165) is 12.2 Å². The zero-order valence-corrected chi connectivity index (χ0v) is 10.5. The van der Waals surface area contributed by atoms with Gasteiger partial charge in [-0.25, -0.2) is 0 Å². The van der Waals surface area contributed by atoms with Crippen molar-refractivity contribution in [3.8, 4) is 0 Å². The molecule has 1 fully saturated rings. The molecule has 0 aromatic heterocycles. The summed E-state index contributed by atoms with van der Waals surface area (Å²) in [7, 11) is 1.40. The van der Waals surface area contributed by atoms with Gasteiger partial charge in [-0.1, -0.05) is 30.3 Å². The van der Waals surface area contributed by atoms with Crippen molar-refractivity contribution in [3.63, 3.8) is 0 Å². The summed E-state index contributed by atoms with van der Waals surface area (Å²) in [4.78, 5) is 11.6. The van der Waals surface area contributed by atoms with Crippen LogP contribution in [0.1, 0.15) is 12.0 Å². The van der Waals surface area contributed by atoms with E-state index in [2.05, 4.69) is 0 Å². The van der Waals surface area contributed by atoms with Crippen molar-refractivity contribution >= 4 is 5.97 Å². The van der Waals surface area contributed by atoms with Crippen molar-refractivity contribution < 1.29 is 19.0 Å². The van der Waals surface area contributed by atoms with Crippen molar-refractivity contribution in [3.05, 3.63) is 35.9 Å². The van der Waals surface area contributed by atoms with Gasteiger partial charge in [0.15, 0.2) is 0 Å². The Hall–Kier alpha value is -1.39. The quantitative estimate of drug-likeness (QED) is 0.546. The largest absolute Gasteiger partial charge is 0.469 e. The van der Waals surface area contributed by atoms with Gasteiger partial charge in [0, 0.05) is 0 Å². The molecule has 1 saturated heterocycles. The first-order chi connectivity index (χ1) is 8.79. The van der Waals surface area contributed by atoms with Crippen molar-refractivity contribution in [1.82, 2.24) is 0 Å². The molecular weight excluding hydrogens is 232 g/mol. The number of hydrogen-bond donors (Lipinski definition) is 0. The molecule has 2 rings (SSSR count). The number of carbonyl (C=O) groups excluding carboxylic acids is 1. The van der Waals surface area contributed by atoms with E-state index in [0.29, 0.717) is 19.6 Å². The lowest BCUT2D eigenvalue weighted by atomic mass is 10.1. The summed E-state index contributed by atoms with van der Waals surface area (Å²) in [6.07, 6.45) is 0.885. The Morgan fingerprint density at radius 3 is 2.78 bits per heavy atom. The molecule has 0 N–H and O–H groups in total. The van der Waals surface area contributed by atoms with E-state index in [4.69, 9.17) is 14.2 Å². The Labute approximate surface area is 107 Å². The summed E-state index contributed by atoms with van der Waals surface area (Å²) >= 11 is 0. The van der Waals surface area contributed by atoms with Crippen LogP contribution < -0.4 is 0 Å². The minimum Gasteiger partial charge on any atom is -0.469 e. The van der Waals surface area contributed by atoms with Crippen molar-refractivity contribution in [2.24, 2.45) is 5.92 Å².